The summed E-state index contributed by atoms with van der Waals surface area (Å²) in [6.45, 7) is 7.00. The predicted molar refractivity (Wildman–Crippen MR) is 265 cm³/mol. The first-order valence-corrected chi connectivity index (χ1v) is 25.0. The van der Waals surface area contributed by atoms with Gasteiger partial charge in [0.25, 0.3) is 5.91 Å². The molecule has 0 unspecified atom stereocenters. The van der Waals surface area contributed by atoms with E-state index in [0.717, 1.165) is 33.8 Å². The molecule has 0 saturated carbocycles. The van der Waals surface area contributed by atoms with Crippen molar-refractivity contribution in [1.29, 1.82) is 0 Å². The number of nitrogens with two attached hydrogens (primary N) is 1. The topological polar surface area (TPSA) is 253 Å². The van der Waals surface area contributed by atoms with E-state index >= 15 is 4.39 Å². The third-order valence-electron chi connectivity index (χ3n) is 12.6. The number of imidazole rings is 1. The average molecular weight is 1060 g/mol. The number of aliphatic hydroxyl groups excluding tert-OH is 1. The molecule has 5 atom stereocenters. The second-order valence-corrected chi connectivity index (χ2v) is 20.3. The van der Waals surface area contributed by atoms with Gasteiger partial charge >= 0.3 is 6.36 Å². The second kappa shape index (κ2) is 23.8. The number of carbonyl (C=O) groups is 6. The molecule has 6 amide bonds. The highest BCUT2D eigenvalue weighted by atomic mass is 32.1. The summed E-state index contributed by atoms with van der Waals surface area (Å²) >= 11 is 1.54. The third kappa shape index (κ3) is 14.9. The molecule has 7 rings (SSSR count). The van der Waals surface area contributed by atoms with Crippen LogP contribution < -0.4 is 31.2 Å². The molecule has 2 aliphatic heterocycles. The Bertz CT molecular complexity index is 2860. The Morgan fingerprint density at radius 2 is 1.65 bits per heavy atom. The molecular formula is C51H58F4N10O9S. The normalized spacial score (nSPS) is 18.3. The van der Waals surface area contributed by atoms with Crippen molar-refractivity contribution in [3.8, 4) is 33.3 Å². The zero-order valence-electron chi connectivity index (χ0n) is 41.6. The van der Waals surface area contributed by atoms with Crippen LogP contribution in [0.25, 0.3) is 21.7 Å². The molecule has 0 bridgehead atoms. The fourth-order valence-electron chi connectivity index (χ4n) is 8.66. The van der Waals surface area contributed by atoms with Crippen LogP contribution in [0.2, 0.25) is 0 Å². The van der Waals surface area contributed by atoms with Crippen molar-refractivity contribution in [1.82, 2.24) is 45.3 Å². The van der Waals surface area contributed by atoms with Gasteiger partial charge in [0.2, 0.25) is 35.4 Å². The first-order chi connectivity index (χ1) is 35.5. The zero-order chi connectivity index (χ0) is 54.2. The summed E-state index contributed by atoms with van der Waals surface area (Å²) in [6.07, 6.45) is -3.76. The van der Waals surface area contributed by atoms with Crippen molar-refractivity contribution in [2.24, 2.45) is 11.1 Å². The van der Waals surface area contributed by atoms with Gasteiger partial charge in [-0.1, -0.05) is 57.2 Å². The smallest absolute Gasteiger partial charge is 0.471 e. The molecule has 24 heteroatoms. The number of ether oxygens (including phenoxy) is 2. The number of thiazole rings is 1. The molecule has 3 aromatic heterocycles. The van der Waals surface area contributed by atoms with E-state index in [-0.39, 0.29) is 63.3 Å². The van der Waals surface area contributed by atoms with Crippen LogP contribution in [0, 0.1) is 12.3 Å². The number of halogens is 4. The number of rotatable bonds is 19. The molecule has 0 aliphatic carbocycles. The summed E-state index contributed by atoms with van der Waals surface area (Å²) in [6, 6.07) is 11.9. The van der Waals surface area contributed by atoms with Crippen LogP contribution in [0.1, 0.15) is 73.6 Å². The highest BCUT2D eigenvalue weighted by Crippen LogP contribution is 2.31. The summed E-state index contributed by atoms with van der Waals surface area (Å²) in [4.78, 5) is 95.5. The number of alkyl halides is 4. The van der Waals surface area contributed by atoms with Gasteiger partial charge in [-0.25, -0.2) is 19.3 Å². The average Bonchev–Trinajstić information content (AvgIpc) is 4.12. The van der Waals surface area contributed by atoms with Gasteiger partial charge in [0.15, 0.2) is 6.17 Å². The number of piperidine rings is 1. The van der Waals surface area contributed by atoms with Gasteiger partial charge < -0.3 is 50.6 Å². The fourth-order valence-corrected chi connectivity index (χ4v) is 9.47. The lowest BCUT2D eigenvalue weighted by molar-refractivity contribution is -0.274. The zero-order valence-corrected chi connectivity index (χ0v) is 42.4. The van der Waals surface area contributed by atoms with Crippen LogP contribution in [-0.4, -0.2) is 133 Å². The maximum absolute atomic E-state index is 15.4. The highest BCUT2D eigenvalue weighted by Gasteiger charge is 2.44. The van der Waals surface area contributed by atoms with Gasteiger partial charge in [0.1, 0.15) is 29.5 Å². The molecule has 2 saturated heterocycles. The molecule has 2 aromatic carbocycles. The lowest BCUT2D eigenvalue weighted by Gasteiger charge is -2.35. The van der Waals surface area contributed by atoms with Gasteiger partial charge in [0.05, 0.1) is 53.7 Å². The number of nitrogens with zero attached hydrogens (tertiary/aromatic N) is 6. The molecule has 19 nitrogen and oxygen atoms in total. The summed E-state index contributed by atoms with van der Waals surface area (Å²) < 4.78 is 64.3. The molecule has 2 fully saturated rings. The van der Waals surface area contributed by atoms with Crippen molar-refractivity contribution in [3.63, 3.8) is 0 Å². The minimum absolute atomic E-state index is 0.0273. The van der Waals surface area contributed by atoms with Crippen molar-refractivity contribution in [2.45, 2.75) is 110 Å². The van der Waals surface area contributed by atoms with E-state index in [1.807, 2.05) is 31.2 Å². The predicted octanol–water partition coefficient (Wildman–Crippen LogP) is 4.64. The second-order valence-electron chi connectivity index (χ2n) is 19.4. The molecule has 0 spiro atoms. The number of hydrogen-bond donors (Lipinski definition) is 5. The van der Waals surface area contributed by atoms with E-state index in [2.05, 4.69) is 35.6 Å². The van der Waals surface area contributed by atoms with Gasteiger partial charge in [0, 0.05) is 63.4 Å². The quantitative estimate of drug-likeness (QED) is 0.0710. The highest BCUT2D eigenvalue weighted by molar-refractivity contribution is 7.13. The molecular weight excluding hydrogens is 1000 g/mol. The van der Waals surface area contributed by atoms with Crippen molar-refractivity contribution < 1.29 is 60.9 Å². The first-order valence-electron chi connectivity index (χ1n) is 24.1. The van der Waals surface area contributed by atoms with Gasteiger partial charge in [-0.15, -0.1) is 24.5 Å². The van der Waals surface area contributed by atoms with Gasteiger partial charge in [-0.3, -0.25) is 28.8 Å². The van der Waals surface area contributed by atoms with Crippen LogP contribution in [0.5, 0.6) is 11.6 Å². The van der Waals surface area contributed by atoms with Crippen molar-refractivity contribution in [3.05, 3.63) is 101 Å². The number of aryl methyl sites for hydroxylation is 2. The summed E-state index contributed by atoms with van der Waals surface area (Å²) in [5, 5.41) is 18.8. The monoisotopic (exact) mass is 1060 g/mol. The van der Waals surface area contributed by atoms with Crippen molar-refractivity contribution >= 4 is 46.8 Å². The van der Waals surface area contributed by atoms with Crippen LogP contribution in [0.4, 0.5) is 17.6 Å². The third-order valence-corrected chi connectivity index (χ3v) is 13.6. The minimum atomic E-state index is -4.86. The van der Waals surface area contributed by atoms with Crippen LogP contribution in [0.15, 0.2) is 78.8 Å². The van der Waals surface area contributed by atoms with Crippen molar-refractivity contribution in [2.75, 3.05) is 26.2 Å². The molecule has 6 N–H and O–H groups in total. The molecule has 2 aliphatic rings. The number of β-amino-alcohol motifs (C(OH)–C–C–N with tert-alkyl or cyclic N) is 1. The van der Waals surface area contributed by atoms with E-state index in [1.165, 1.54) is 40.5 Å². The molecule has 400 valence electrons. The summed E-state index contributed by atoms with van der Waals surface area (Å²) in [5.74, 6) is -4.02. The maximum atomic E-state index is 15.4. The van der Waals surface area contributed by atoms with Crippen LogP contribution in [-0.2, 0) is 43.5 Å². The minimum Gasteiger partial charge on any atom is -0.471 e. The number of nitrogens with one attached hydrogen (secondary N) is 3. The Kier molecular flexibility index (Phi) is 17.6. The van der Waals surface area contributed by atoms with E-state index in [0.29, 0.717) is 29.8 Å². The lowest BCUT2D eigenvalue weighted by atomic mass is 9.85. The van der Waals surface area contributed by atoms with Gasteiger partial charge in [-0.05, 0) is 53.6 Å². The molecule has 5 aromatic rings. The number of hydrogen-bond acceptors (Lipinski definition) is 13. The summed E-state index contributed by atoms with van der Waals surface area (Å²) in [5.41, 5.74) is 10.5. The van der Waals surface area contributed by atoms with Crippen LogP contribution >= 0.6 is 11.3 Å². The SMILES string of the molecule is Cc1ncsc1-c1ccc(CNC(=O)[C@@H]2C[C@@H](O)CN2C(=O)[C@@H](NC(=O)CNC(=O)CCCn2cnc(-c3cnc(O[C@@H]4CCN(C(=O)Cc5ccc(OC(F)(F)F)cc5)C[C@H]4F)c(C(N)=O)c3)c2)C(C)(C)C)cc1. The number of aromatic nitrogens is 4. The number of amides is 6. The number of benzene rings is 2. The Hall–Kier alpha value is -7.47. The van der Waals surface area contributed by atoms with Crippen LogP contribution in [0.3, 0.4) is 0 Å². The fraction of sp³-hybridized carbons (Fsp3) is 0.431. The van der Waals surface area contributed by atoms with E-state index in [9.17, 15) is 47.0 Å². The Labute approximate surface area is 433 Å². The number of aliphatic hydroxyl groups is 1. The van der Waals surface area contributed by atoms with Gasteiger partial charge in [-0.2, -0.15) is 0 Å². The van der Waals surface area contributed by atoms with E-state index < -0.39 is 90.0 Å². The first kappa shape index (κ1) is 55.3. The molecule has 5 heterocycles. The number of carbonyl (C=O) groups excluding carboxylic acids is 6. The standard InChI is InChI=1S/C51H58F4N10O9S/c1-29-44(75-28-61-29)32-11-7-31(8-12-32)21-58-47(71)39-20-34(66)24-65(39)49(72)45(50(2,3)4)62-42(68)23-57-41(67)6-5-16-63-26-38(60-27-63)33-19-36(46(56)70)48(59-22-33)73-40-15-17-64(25-37(40)52)43(69)18-30-9-13-35(14-10-30)74-51(53,54)55/h7-14,19,22,26-28,34,37,39-40,45,66H,5-6,15-18,20-21,23-25H2,1-4H3,(H2,56,70)(H,57,67)(H,58,71)(H,62,68)/t34-,37-,39+,40-,45-/m1/s1. The van der Waals surface area contributed by atoms with E-state index in [4.69, 9.17) is 10.5 Å². The maximum Gasteiger partial charge on any atom is 0.573 e. The molecule has 75 heavy (non-hydrogen) atoms. The number of likely N-dealkylation sites (tertiary alicyclic amines) is 2. The summed E-state index contributed by atoms with van der Waals surface area (Å²) in [7, 11) is 0. The number of pyridine rings is 1. The Morgan fingerprint density at radius 1 is 0.933 bits per heavy atom. The Morgan fingerprint density at radius 3 is 2.31 bits per heavy atom. The number of primary amides is 1. The Balaban J connectivity index is 0.846. The molecule has 0 radical (unpaired) electrons. The van der Waals surface area contributed by atoms with E-state index in [1.54, 1.807) is 48.4 Å². The largest absolute Gasteiger partial charge is 0.573 e. The lowest BCUT2D eigenvalue weighted by Crippen LogP contribution is -2.58.